The van der Waals surface area contributed by atoms with E-state index in [1.807, 2.05) is 37.3 Å². The van der Waals surface area contributed by atoms with E-state index >= 15 is 0 Å². The first-order chi connectivity index (χ1) is 9.58. The number of nitrogens with two attached hydrogens (primary N) is 1. The van der Waals surface area contributed by atoms with Crippen molar-refractivity contribution in [3.05, 3.63) is 51.8 Å². The van der Waals surface area contributed by atoms with Crippen molar-refractivity contribution in [3.63, 3.8) is 0 Å². The van der Waals surface area contributed by atoms with Crippen molar-refractivity contribution in [2.24, 2.45) is 5.73 Å². The topological polar surface area (TPSA) is 57.4 Å². The van der Waals surface area contributed by atoms with Crippen LogP contribution in [0.15, 0.2) is 34.8 Å². The van der Waals surface area contributed by atoms with Crippen molar-refractivity contribution in [2.75, 3.05) is 14.2 Å². The number of hydrogen-bond acceptors (Lipinski definition) is 4. The number of benzene rings is 1. The molecule has 106 valence electrons. The van der Waals surface area contributed by atoms with Crippen LogP contribution in [0.3, 0.4) is 0 Å². The summed E-state index contributed by atoms with van der Waals surface area (Å²) in [5, 5.41) is 0. The van der Waals surface area contributed by atoms with E-state index in [2.05, 4.69) is 20.9 Å². The van der Waals surface area contributed by atoms with Crippen LogP contribution in [-0.4, -0.2) is 19.2 Å². The zero-order valence-electron chi connectivity index (χ0n) is 11.7. The highest BCUT2D eigenvalue weighted by Crippen LogP contribution is 2.40. The first-order valence-electron chi connectivity index (χ1n) is 6.18. The SMILES string of the molecule is COc1ccc(C(N)c2cccc(C)n2)c(OC)c1Br. The molecule has 0 bridgehead atoms. The molecule has 1 aromatic carbocycles. The molecule has 0 saturated carbocycles. The lowest BCUT2D eigenvalue weighted by Crippen LogP contribution is -2.15. The zero-order chi connectivity index (χ0) is 14.7. The van der Waals surface area contributed by atoms with Crippen LogP contribution in [0.1, 0.15) is 23.0 Å². The number of aryl methyl sites for hydroxylation is 1. The van der Waals surface area contributed by atoms with E-state index in [0.717, 1.165) is 21.4 Å². The molecular weight excluding hydrogens is 320 g/mol. The number of pyridine rings is 1. The molecule has 0 aliphatic rings. The van der Waals surface area contributed by atoms with Crippen molar-refractivity contribution in [1.29, 1.82) is 0 Å². The second kappa shape index (κ2) is 6.24. The summed E-state index contributed by atoms with van der Waals surface area (Å²) in [6, 6.07) is 9.20. The van der Waals surface area contributed by atoms with Gasteiger partial charge in [0.15, 0.2) is 0 Å². The molecule has 5 heteroatoms. The number of halogens is 1. The Labute approximate surface area is 127 Å². The fourth-order valence-electron chi connectivity index (χ4n) is 2.06. The Bertz CT molecular complexity index is 617. The molecule has 1 atom stereocenters. The van der Waals surface area contributed by atoms with Crippen molar-refractivity contribution in [1.82, 2.24) is 4.98 Å². The molecule has 0 spiro atoms. The molecule has 2 aromatic rings. The van der Waals surface area contributed by atoms with Gasteiger partial charge in [-0.15, -0.1) is 0 Å². The summed E-state index contributed by atoms with van der Waals surface area (Å²) >= 11 is 3.48. The quantitative estimate of drug-likeness (QED) is 0.931. The van der Waals surface area contributed by atoms with Crippen molar-refractivity contribution in [2.45, 2.75) is 13.0 Å². The lowest BCUT2D eigenvalue weighted by molar-refractivity contribution is 0.385. The fourth-order valence-corrected chi connectivity index (χ4v) is 2.74. The number of methoxy groups -OCH3 is 2. The average Bonchev–Trinajstić information content (AvgIpc) is 2.46. The van der Waals surface area contributed by atoms with Gasteiger partial charge in [-0.25, -0.2) is 0 Å². The highest BCUT2D eigenvalue weighted by molar-refractivity contribution is 9.10. The maximum absolute atomic E-state index is 6.32. The molecule has 0 fully saturated rings. The van der Waals surface area contributed by atoms with E-state index in [9.17, 15) is 0 Å². The first kappa shape index (κ1) is 14.8. The maximum atomic E-state index is 6.32. The van der Waals surface area contributed by atoms with E-state index < -0.39 is 0 Å². The summed E-state index contributed by atoms with van der Waals surface area (Å²) in [4.78, 5) is 4.47. The summed E-state index contributed by atoms with van der Waals surface area (Å²) in [5.74, 6) is 1.37. The smallest absolute Gasteiger partial charge is 0.141 e. The molecule has 1 heterocycles. The Hall–Kier alpha value is -1.59. The fraction of sp³-hybridized carbons (Fsp3) is 0.267. The summed E-state index contributed by atoms with van der Waals surface area (Å²) in [5.41, 5.74) is 8.92. The molecule has 0 amide bonds. The number of hydrogen-bond donors (Lipinski definition) is 1. The number of rotatable bonds is 4. The summed E-state index contributed by atoms with van der Waals surface area (Å²) in [6.07, 6.45) is 0. The van der Waals surface area contributed by atoms with Gasteiger partial charge in [-0.3, -0.25) is 4.98 Å². The van der Waals surface area contributed by atoms with Gasteiger partial charge in [-0.1, -0.05) is 6.07 Å². The minimum atomic E-state index is -0.355. The van der Waals surface area contributed by atoms with Crippen molar-refractivity contribution < 1.29 is 9.47 Å². The van der Waals surface area contributed by atoms with Gasteiger partial charge in [0, 0.05) is 11.3 Å². The van der Waals surface area contributed by atoms with Gasteiger partial charge < -0.3 is 15.2 Å². The van der Waals surface area contributed by atoms with E-state index in [0.29, 0.717) is 11.5 Å². The van der Waals surface area contributed by atoms with Gasteiger partial charge in [0.2, 0.25) is 0 Å². The Balaban J connectivity index is 2.49. The molecule has 2 N–H and O–H groups in total. The molecule has 1 unspecified atom stereocenters. The molecule has 0 saturated heterocycles. The van der Waals surface area contributed by atoms with Crippen LogP contribution < -0.4 is 15.2 Å². The predicted octanol–water partition coefficient (Wildman–Crippen LogP) is 3.22. The van der Waals surface area contributed by atoms with Gasteiger partial charge in [0.1, 0.15) is 16.0 Å². The normalized spacial score (nSPS) is 12.1. The lowest BCUT2D eigenvalue weighted by atomic mass is 10.0. The zero-order valence-corrected chi connectivity index (χ0v) is 13.3. The van der Waals surface area contributed by atoms with Gasteiger partial charge in [-0.05, 0) is 47.1 Å². The number of ether oxygens (including phenoxy) is 2. The van der Waals surface area contributed by atoms with E-state index in [-0.39, 0.29) is 6.04 Å². The molecule has 1 aromatic heterocycles. The van der Waals surface area contributed by atoms with E-state index in [1.54, 1.807) is 14.2 Å². The van der Waals surface area contributed by atoms with Crippen molar-refractivity contribution >= 4 is 15.9 Å². The standard InChI is InChI=1S/C15H17BrN2O2/c1-9-5-4-6-11(18-9)14(17)10-7-8-12(19-2)13(16)15(10)20-3/h4-8,14H,17H2,1-3H3. The second-order valence-corrected chi connectivity index (χ2v) is 5.18. The number of nitrogens with zero attached hydrogens (tertiary/aromatic N) is 1. The van der Waals surface area contributed by atoms with Crippen LogP contribution in [-0.2, 0) is 0 Å². The molecule has 0 aliphatic carbocycles. The minimum absolute atomic E-state index is 0.355. The Kier molecular flexibility index (Phi) is 4.62. The molecule has 20 heavy (non-hydrogen) atoms. The van der Waals surface area contributed by atoms with Crippen LogP contribution in [0.25, 0.3) is 0 Å². The Morgan fingerprint density at radius 3 is 2.50 bits per heavy atom. The highest BCUT2D eigenvalue weighted by atomic mass is 79.9. The first-order valence-corrected chi connectivity index (χ1v) is 6.97. The van der Waals surface area contributed by atoms with E-state index in [1.165, 1.54) is 0 Å². The maximum Gasteiger partial charge on any atom is 0.141 e. The lowest BCUT2D eigenvalue weighted by Gasteiger charge is -2.18. The molecule has 4 nitrogen and oxygen atoms in total. The summed E-state index contributed by atoms with van der Waals surface area (Å²) < 4.78 is 11.5. The third-order valence-electron chi connectivity index (χ3n) is 3.08. The van der Waals surface area contributed by atoms with Crippen LogP contribution in [0, 0.1) is 6.92 Å². The largest absolute Gasteiger partial charge is 0.495 e. The summed E-state index contributed by atoms with van der Waals surface area (Å²) in [6.45, 7) is 1.94. The highest BCUT2D eigenvalue weighted by Gasteiger charge is 2.19. The monoisotopic (exact) mass is 336 g/mol. The molecule has 2 rings (SSSR count). The third-order valence-corrected chi connectivity index (χ3v) is 3.83. The van der Waals surface area contributed by atoms with Crippen LogP contribution in [0.4, 0.5) is 0 Å². The Morgan fingerprint density at radius 2 is 1.90 bits per heavy atom. The molecular formula is C15H17BrN2O2. The van der Waals surface area contributed by atoms with Crippen LogP contribution in [0.5, 0.6) is 11.5 Å². The Morgan fingerprint density at radius 1 is 1.15 bits per heavy atom. The molecule has 0 radical (unpaired) electrons. The van der Waals surface area contributed by atoms with Gasteiger partial charge in [0.05, 0.1) is 26.0 Å². The molecule has 0 aliphatic heterocycles. The average molecular weight is 337 g/mol. The van der Waals surface area contributed by atoms with Crippen molar-refractivity contribution in [3.8, 4) is 11.5 Å². The summed E-state index contributed by atoms with van der Waals surface area (Å²) in [7, 11) is 3.22. The number of aromatic nitrogens is 1. The van der Waals surface area contributed by atoms with E-state index in [4.69, 9.17) is 15.2 Å². The van der Waals surface area contributed by atoms with Gasteiger partial charge >= 0.3 is 0 Å². The van der Waals surface area contributed by atoms with Crippen LogP contribution in [0.2, 0.25) is 0 Å². The predicted molar refractivity (Wildman–Crippen MR) is 82.3 cm³/mol. The third kappa shape index (κ3) is 2.78. The minimum Gasteiger partial charge on any atom is -0.495 e. The second-order valence-electron chi connectivity index (χ2n) is 4.39. The van der Waals surface area contributed by atoms with Crippen LogP contribution >= 0.6 is 15.9 Å². The van der Waals surface area contributed by atoms with Gasteiger partial charge in [-0.2, -0.15) is 0 Å². The van der Waals surface area contributed by atoms with Gasteiger partial charge in [0.25, 0.3) is 0 Å².